The van der Waals surface area contributed by atoms with Crippen LogP contribution in [0.3, 0.4) is 0 Å². The van der Waals surface area contributed by atoms with Gasteiger partial charge in [-0.3, -0.25) is 0 Å². The quantitative estimate of drug-likeness (QED) is 0.762. The van der Waals surface area contributed by atoms with E-state index in [0.717, 1.165) is 25.7 Å². The Morgan fingerprint density at radius 1 is 1.19 bits per heavy atom. The molecule has 0 aromatic heterocycles. The van der Waals surface area contributed by atoms with Gasteiger partial charge in [-0.1, -0.05) is 32.8 Å². The molecule has 1 atom stereocenters. The van der Waals surface area contributed by atoms with Crippen molar-refractivity contribution in [1.29, 1.82) is 0 Å². The first-order chi connectivity index (χ1) is 7.69. The maximum absolute atomic E-state index is 13.4. The molecule has 1 unspecified atom stereocenters. The number of hydrogen-bond donors (Lipinski definition) is 1. The van der Waals surface area contributed by atoms with Crippen molar-refractivity contribution in [2.24, 2.45) is 0 Å². The van der Waals surface area contributed by atoms with E-state index in [1.54, 1.807) is 0 Å². The summed E-state index contributed by atoms with van der Waals surface area (Å²) in [6.45, 7) is 4.13. The molecule has 0 radical (unpaired) electrons. The second kappa shape index (κ2) is 6.46. The maximum Gasteiger partial charge on any atom is 0.149 e. The first-order valence-electron chi connectivity index (χ1n) is 5.89. The molecular weight excluding hydrogens is 208 g/mol. The Kier molecular flexibility index (Phi) is 5.23. The lowest BCUT2D eigenvalue weighted by molar-refractivity contribution is 0.558. The third-order valence-corrected chi connectivity index (χ3v) is 2.71. The Morgan fingerprint density at radius 3 is 2.31 bits per heavy atom. The smallest absolute Gasteiger partial charge is 0.149 e. The number of nitrogens with one attached hydrogen (secondary N) is 1. The predicted octanol–water partition coefficient (Wildman–Crippen LogP) is 4.35. The maximum atomic E-state index is 13.4. The molecule has 0 saturated heterocycles. The lowest BCUT2D eigenvalue weighted by Crippen LogP contribution is -2.19. The molecule has 0 aliphatic carbocycles. The monoisotopic (exact) mass is 227 g/mol. The van der Waals surface area contributed by atoms with Crippen LogP contribution in [0.25, 0.3) is 0 Å². The molecule has 0 aliphatic heterocycles. The first-order valence-corrected chi connectivity index (χ1v) is 5.89. The van der Waals surface area contributed by atoms with Gasteiger partial charge in [-0.2, -0.15) is 0 Å². The zero-order valence-corrected chi connectivity index (χ0v) is 9.89. The molecule has 0 fully saturated rings. The fraction of sp³-hybridized carbons (Fsp3) is 0.538. The van der Waals surface area contributed by atoms with Gasteiger partial charge in [-0.05, 0) is 25.0 Å². The Labute approximate surface area is 95.9 Å². The van der Waals surface area contributed by atoms with E-state index < -0.39 is 11.6 Å². The van der Waals surface area contributed by atoms with Crippen LogP contribution in [0.1, 0.15) is 39.5 Å². The number of hydrogen-bond acceptors (Lipinski definition) is 1. The first kappa shape index (κ1) is 12.9. The minimum Gasteiger partial charge on any atom is -0.378 e. The summed E-state index contributed by atoms with van der Waals surface area (Å²) in [5.74, 6) is -1.04. The topological polar surface area (TPSA) is 12.0 Å². The fourth-order valence-corrected chi connectivity index (χ4v) is 1.67. The van der Waals surface area contributed by atoms with Gasteiger partial charge in [0.25, 0.3) is 0 Å². The van der Waals surface area contributed by atoms with Crippen LogP contribution in [0.15, 0.2) is 18.2 Å². The van der Waals surface area contributed by atoms with Gasteiger partial charge in [0.05, 0.1) is 0 Å². The average Bonchev–Trinajstić information content (AvgIpc) is 2.28. The van der Waals surface area contributed by atoms with Crippen molar-refractivity contribution in [3.8, 4) is 0 Å². The van der Waals surface area contributed by atoms with Crippen LogP contribution in [0.4, 0.5) is 14.5 Å². The van der Waals surface area contributed by atoms with E-state index >= 15 is 0 Å². The molecular formula is C13H19F2N. The third kappa shape index (κ3) is 3.47. The Hall–Kier alpha value is -1.12. The summed E-state index contributed by atoms with van der Waals surface area (Å²) in [6, 6.07) is 4.07. The predicted molar refractivity (Wildman–Crippen MR) is 63.6 cm³/mol. The Bertz CT molecular complexity index is 305. The summed E-state index contributed by atoms with van der Waals surface area (Å²) in [6.07, 6.45) is 3.98. The Morgan fingerprint density at radius 2 is 1.81 bits per heavy atom. The summed E-state index contributed by atoms with van der Waals surface area (Å²) in [5.41, 5.74) is 0.00505. The lowest BCUT2D eigenvalue weighted by atomic mass is 10.1. The molecule has 0 bridgehead atoms. The van der Waals surface area contributed by atoms with Crippen LogP contribution in [0.5, 0.6) is 0 Å². The summed E-state index contributed by atoms with van der Waals surface area (Å²) in [5, 5.41) is 2.95. The van der Waals surface area contributed by atoms with Gasteiger partial charge in [0.1, 0.15) is 17.3 Å². The molecule has 1 aromatic carbocycles. The molecule has 16 heavy (non-hydrogen) atoms. The highest BCUT2D eigenvalue weighted by Gasteiger charge is 2.12. The van der Waals surface area contributed by atoms with Crippen LogP contribution in [0.2, 0.25) is 0 Å². The van der Waals surface area contributed by atoms with Gasteiger partial charge in [-0.15, -0.1) is 0 Å². The van der Waals surface area contributed by atoms with Crippen LogP contribution in [-0.2, 0) is 0 Å². The highest BCUT2D eigenvalue weighted by molar-refractivity contribution is 5.46. The molecule has 0 heterocycles. The molecule has 0 saturated carbocycles. The minimum absolute atomic E-state index is 0.00505. The molecule has 1 aromatic rings. The zero-order valence-electron chi connectivity index (χ0n) is 9.89. The number of benzene rings is 1. The van der Waals surface area contributed by atoms with Crippen molar-refractivity contribution in [1.82, 2.24) is 0 Å². The molecule has 3 heteroatoms. The van der Waals surface area contributed by atoms with E-state index in [0.29, 0.717) is 0 Å². The van der Waals surface area contributed by atoms with E-state index in [9.17, 15) is 8.78 Å². The lowest BCUT2D eigenvalue weighted by Gasteiger charge is -2.18. The van der Waals surface area contributed by atoms with Gasteiger partial charge in [0, 0.05) is 6.04 Å². The van der Waals surface area contributed by atoms with Crippen molar-refractivity contribution in [3.63, 3.8) is 0 Å². The molecule has 0 aliphatic rings. The number of anilines is 1. The van der Waals surface area contributed by atoms with Gasteiger partial charge in [0.15, 0.2) is 0 Å². The summed E-state index contributed by atoms with van der Waals surface area (Å²) in [4.78, 5) is 0. The van der Waals surface area contributed by atoms with E-state index in [-0.39, 0.29) is 11.7 Å². The summed E-state index contributed by atoms with van der Waals surface area (Å²) in [7, 11) is 0. The number of para-hydroxylation sites is 1. The number of halogens is 2. The van der Waals surface area contributed by atoms with Crippen molar-refractivity contribution < 1.29 is 8.78 Å². The fourth-order valence-electron chi connectivity index (χ4n) is 1.67. The third-order valence-electron chi connectivity index (χ3n) is 2.71. The minimum atomic E-state index is -0.519. The van der Waals surface area contributed by atoms with Gasteiger partial charge >= 0.3 is 0 Å². The van der Waals surface area contributed by atoms with Crippen molar-refractivity contribution in [3.05, 3.63) is 29.8 Å². The number of unbranched alkanes of at least 4 members (excludes halogenated alkanes) is 1. The molecule has 90 valence electrons. The van der Waals surface area contributed by atoms with Crippen molar-refractivity contribution >= 4 is 5.69 Å². The van der Waals surface area contributed by atoms with E-state index in [1.165, 1.54) is 18.2 Å². The molecule has 1 nitrogen and oxygen atoms in total. The second-order valence-corrected chi connectivity index (χ2v) is 3.99. The van der Waals surface area contributed by atoms with Gasteiger partial charge in [-0.25, -0.2) is 8.78 Å². The zero-order chi connectivity index (χ0) is 12.0. The van der Waals surface area contributed by atoms with Crippen LogP contribution in [-0.4, -0.2) is 6.04 Å². The van der Waals surface area contributed by atoms with Gasteiger partial charge in [0.2, 0.25) is 0 Å². The largest absolute Gasteiger partial charge is 0.378 e. The molecule has 0 amide bonds. The van der Waals surface area contributed by atoms with Crippen molar-refractivity contribution in [2.75, 3.05) is 5.32 Å². The average molecular weight is 227 g/mol. The van der Waals surface area contributed by atoms with Crippen LogP contribution in [0, 0.1) is 11.6 Å². The van der Waals surface area contributed by atoms with E-state index in [4.69, 9.17) is 0 Å². The molecule has 1 N–H and O–H groups in total. The van der Waals surface area contributed by atoms with Crippen molar-refractivity contribution in [2.45, 2.75) is 45.6 Å². The van der Waals surface area contributed by atoms with Gasteiger partial charge < -0.3 is 5.32 Å². The SMILES string of the molecule is CCCCC(CC)Nc1c(F)cccc1F. The summed E-state index contributed by atoms with van der Waals surface area (Å²) >= 11 is 0. The normalized spacial score (nSPS) is 12.5. The highest BCUT2D eigenvalue weighted by atomic mass is 19.1. The number of rotatable bonds is 6. The van der Waals surface area contributed by atoms with E-state index in [2.05, 4.69) is 12.2 Å². The molecule has 1 rings (SSSR count). The second-order valence-electron chi connectivity index (χ2n) is 3.99. The summed E-state index contributed by atoms with van der Waals surface area (Å²) < 4.78 is 26.7. The van der Waals surface area contributed by atoms with E-state index in [1.807, 2.05) is 6.92 Å². The van der Waals surface area contributed by atoms with Crippen LogP contribution >= 0.6 is 0 Å². The Balaban J connectivity index is 2.69. The highest BCUT2D eigenvalue weighted by Crippen LogP contribution is 2.21. The van der Waals surface area contributed by atoms with Crippen LogP contribution < -0.4 is 5.32 Å². The molecule has 0 spiro atoms. The standard InChI is InChI=1S/C13H19F2N/c1-3-5-7-10(4-2)16-13-11(14)8-6-9-12(13)15/h6,8-10,16H,3-5,7H2,1-2H3.